The Labute approximate surface area is 158 Å². The van der Waals surface area contributed by atoms with Crippen LogP contribution in [-0.4, -0.2) is 18.2 Å². The molecule has 0 fully saturated rings. The smallest absolute Gasteiger partial charge is 0.310 e. The summed E-state index contributed by atoms with van der Waals surface area (Å²) in [6.45, 7) is 1.69. The molecule has 0 saturated heterocycles. The Morgan fingerprint density at radius 1 is 0.778 bits per heavy atom. The summed E-state index contributed by atoms with van der Waals surface area (Å²) in [6.07, 6.45) is 0. The fourth-order valence-electron chi connectivity index (χ4n) is 2.91. The van der Waals surface area contributed by atoms with E-state index in [2.05, 4.69) is 48.5 Å². The normalized spacial score (nSPS) is 11.5. The second-order valence-electron chi connectivity index (χ2n) is 6.38. The first-order valence-corrected chi connectivity index (χ1v) is 8.83. The number of hydrogen-bond donors (Lipinski definition) is 1. The zero-order valence-corrected chi connectivity index (χ0v) is 15.4. The molecule has 3 nitrogen and oxygen atoms in total. The SMILES string of the molecule is COc1ccc2cc([C@H](C)C(=O)O)ccc2c1.c1ccc2ccccc2c1. The Kier molecular flexibility index (Phi) is 5.72. The van der Waals surface area contributed by atoms with E-state index in [1.807, 2.05) is 36.4 Å². The van der Waals surface area contributed by atoms with E-state index in [4.69, 9.17) is 9.84 Å². The molecule has 0 unspecified atom stereocenters. The van der Waals surface area contributed by atoms with Gasteiger partial charge in [-0.05, 0) is 46.2 Å². The maximum atomic E-state index is 10.9. The molecule has 1 atom stereocenters. The van der Waals surface area contributed by atoms with Crippen LogP contribution in [0, 0.1) is 0 Å². The van der Waals surface area contributed by atoms with Crippen LogP contribution < -0.4 is 4.74 Å². The molecule has 4 aromatic rings. The lowest BCUT2D eigenvalue weighted by molar-refractivity contribution is -0.138. The molecule has 27 heavy (non-hydrogen) atoms. The number of rotatable bonds is 3. The first-order chi connectivity index (χ1) is 13.1. The van der Waals surface area contributed by atoms with E-state index in [-0.39, 0.29) is 0 Å². The third-order valence-electron chi connectivity index (χ3n) is 4.60. The van der Waals surface area contributed by atoms with Crippen molar-refractivity contribution in [2.75, 3.05) is 7.11 Å². The minimum atomic E-state index is -0.808. The number of carboxylic acids is 1. The summed E-state index contributed by atoms with van der Waals surface area (Å²) in [5.41, 5.74) is 0.815. The maximum absolute atomic E-state index is 10.9. The Morgan fingerprint density at radius 3 is 1.81 bits per heavy atom. The van der Waals surface area contributed by atoms with Gasteiger partial charge >= 0.3 is 5.97 Å². The van der Waals surface area contributed by atoms with Gasteiger partial charge < -0.3 is 9.84 Å². The first-order valence-electron chi connectivity index (χ1n) is 8.83. The Hall–Kier alpha value is -3.33. The molecule has 0 aliphatic carbocycles. The van der Waals surface area contributed by atoms with Gasteiger partial charge in [0.1, 0.15) is 5.75 Å². The van der Waals surface area contributed by atoms with Crippen LogP contribution in [0.2, 0.25) is 0 Å². The Morgan fingerprint density at radius 2 is 1.30 bits per heavy atom. The summed E-state index contributed by atoms with van der Waals surface area (Å²) in [7, 11) is 1.63. The molecule has 0 aromatic heterocycles. The third kappa shape index (κ3) is 4.45. The van der Waals surface area contributed by atoms with Crippen LogP contribution in [-0.2, 0) is 4.79 Å². The fourth-order valence-corrected chi connectivity index (χ4v) is 2.91. The van der Waals surface area contributed by atoms with Gasteiger partial charge in [-0.2, -0.15) is 0 Å². The van der Waals surface area contributed by atoms with Crippen molar-refractivity contribution < 1.29 is 14.6 Å². The molecule has 1 N–H and O–H groups in total. The average molecular weight is 358 g/mol. The van der Waals surface area contributed by atoms with Crippen molar-refractivity contribution in [1.29, 1.82) is 0 Å². The number of ether oxygens (including phenoxy) is 1. The van der Waals surface area contributed by atoms with Gasteiger partial charge in [0.2, 0.25) is 0 Å². The van der Waals surface area contributed by atoms with Gasteiger partial charge in [-0.1, -0.05) is 72.8 Å². The Balaban J connectivity index is 0.000000177. The number of carboxylic acid groups (broad SMARTS) is 1. The summed E-state index contributed by atoms with van der Waals surface area (Å²) >= 11 is 0. The molecule has 0 aliphatic rings. The van der Waals surface area contributed by atoms with Gasteiger partial charge in [0.25, 0.3) is 0 Å². The second-order valence-corrected chi connectivity index (χ2v) is 6.38. The summed E-state index contributed by atoms with van der Waals surface area (Å²) in [4.78, 5) is 10.9. The molecular weight excluding hydrogens is 336 g/mol. The van der Waals surface area contributed by atoms with Crippen LogP contribution in [0.4, 0.5) is 0 Å². The highest BCUT2D eigenvalue weighted by molar-refractivity contribution is 5.86. The van der Waals surface area contributed by atoms with Crippen molar-refractivity contribution in [1.82, 2.24) is 0 Å². The molecule has 0 saturated carbocycles. The summed E-state index contributed by atoms with van der Waals surface area (Å²) in [5, 5.41) is 13.7. The summed E-state index contributed by atoms with van der Waals surface area (Å²) < 4.78 is 5.14. The van der Waals surface area contributed by atoms with Crippen LogP contribution in [0.1, 0.15) is 18.4 Å². The van der Waals surface area contributed by atoms with E-state index in [1.54, 1.807) is 14.0 Å². The van der Waals surface area contributed by atoms with Gasteiger partial charge in [-0.15, -0.1) is 0 Å². The molecule has 4 rings (SSSR count). The lowest BCUT2D eigenvalue weighted by Gasteiger charge is -2.08. The highest BCUT2D eigenvalue weighted by Gasteiger charge is 2.13. The van der Waals surface area contributed by atoms with E-state index < -0.39 is 11.9 Å². The van der Waals surface area contributed by atoms with Crippen molar-refractivity contribution in [3.05, 3.63) is 90.5 Å². The standard InChI is InChI=1S/C14H14O3.C10H8/c1-9(14(15)16)10-3-4-12-8-13(17-2)6-5-11(12)7-10;1-2-6-10-8-4-3-7-9(10)5-1/h3-9H,1-2H3,(H,15,16);1-8H/t9-;/m0./s1. The third-order valence-corrected chi connectivity index (χ3v) is 4.60. The highest BCUT2D eigenvalue weighted by atomic mass is 16.5. The number of benzene rings is 4. The van der Waals surface area contributed by atoms with Gasteiger partial charge in [0.15, 0.2) is 0 Å². The molecule has 0 spiro atoms. The highest BCUT2D eigenvalue weighted by Crippen LogP contribution is 2.25. The lowest BCUT2D eigenvalue weighted by atomic mass is 9.98. The monoisotopic (exact) mass is 358 g/mol. The van der Waals surface area contributed by atoms with E-state index >= 15 is 0 Å². The predicted octanol–water partition coefficient (Wildman–Crippen LogP) is 5.88. The van der Waals surface area contributed by atoms with Crippen LogP contribution in [0.15, 0.2) is 84.9 Å². The lowest BCUT2D eigenvalue weighted by Crippen LogP contribution is -2.06. The van der Waals surface area contributed by atoms with E-state index in [9.17, 15) is 4.79 Å². The summed E-state index contributed by atoms with van der Waals surface area (Å²) in [6, 6.07) is 28.1. The van der Waals surface area contributed by atoms with Crippen molar-refractivity contribution in [2.24, 2.45) is 0 Å². The van der Waals surface area contributed by atoms with E-state index in [0.29, 0.717) is 0 Å². The van der Waals surface area contributed by atoms with Crippen molar-refractivity contribution in [3.63, 3.8) is 0 Å². The molecular formula is C24H22O3. The average Bonchev–Trinajstić information content (AvgIpc) is 2.73. The minimum absolute atomic E-state index is 0.485. The van der Waals surface area contributed by atoms with Crippen molar-refractivity contribution in [2.45, 2.75) is 12.8 Å². The number of carbonyl (C=O) groups is 1. The molecule has 3 heteroatoms. The number of fused-ring (bicyclic) bond motifs is 2. The quantitative estimate of drug-likeness (QED) is 0.498. The molecule has 0 amide bonds. The molecule has 0 heterocycles. The van der Waals surface area contributed by atoms with Crippen molar-refractivity contribution in [3.8, 4) is 5.75 Å². The molecule has 0 radical (unpaired) electrons. The van der Waals surface area contributed by atoms with E-state index in [1.165, 1.54) is 10.8 Å². The fraction of sp³-hybridized carbons (Fsp3) is 0.125. The van der Waals surface area contributed by atoms with Gasteiger partial charge in [0.05, 0.1) is 13.0 Å². The molecule has 0 aliphatic heterocycles. The summed E-state index contributed by atoms with van der Waals surface area (Å²) in [5.74, 6) is -0.490. The van der Waals surface area contributed by atoms with Gasteiger partial charge in [0, 0.05) is 0 Å². The van der Waals surface area contributed by atoms with Crippen LogP contribution in [0.3, 0.4) is 0 Å². The van der Waals surface area contributed by atoms with Gasteiger partial charge in [-0.25, -0.2) is 0 Å². The van der Waals surface area contributed by atoms with E-state index in [0.717, 1.165) is 22.1 Å². The zero-order chi connectivity index (χ0) is 19.2. The minimum Gasteiger partial charge on any atom is -0.497 e. The van der Waals surface area contributed by atoms with Crippen LogP contribution in [0.25, 0.3) is 21.5 Å². The first kappa shape index (κ1) is 18.5. The van der Waals surface area contributed by atoms with Crippen molar-refractivity contribution >= 4 is 27.5 Å². The number of methoxy groups -OCH3 is 1. The molecule has 0 bridgehead atoms. The Bertz CT molecular complexity index is 1000. The maximum Gasteiger partial charge on any atom is 0.310 e. The zero-order valence-electron chi connectivity index (χ0n) is 15.4. The van der Waals surface area contributed by atoms with Crippen LogP contribution in [0.5, 0.6) is 5.75 Å². The molecule has 136 valence electrons. The predicted molar refractivity (Wildman–Crippen MR) is 110 cm³/mol. The topological polar surface area (TPSA) is 46.5 Å². The largest absolute Gasteiger partial charge is 0.497 e. The van der Waals surface area contributed by atoms with Gasteiger partial charge in [-0.3, -0.25) is 4.79 Å². The molecule has 4 aromatic carbocycles. The number of aliphatic carboxylic acids is 1. The van der Waals surface area contributed by atoms with Crippen LogP contribution >= 0.6 is 0 Å². The second kappa shape index (κ2) is 8.37. The number of hydrogen-bond acceptors (Lipinski definition) is 2.